The van der Waals surface area contributed by atoms with E-state index in [-0.39, 0.29) is 123 Å². The summed E-state index contributed by atoms with van der Waals surface area (Å²) in [6, 6.07) is 28.8. The number of aliphatic carboxylic acids is 1. The number of hydrogen-bond acceptors (Lipinski definition) is 18. The van der Waals surface area contributed by atoms with Crippen molar-refractivity contribution >= 4 is 77.0 Å². The molecule has 4 saturated carbocycles. The predicted octanol–water partition coefficient (Wildman–Crippen LogP) is 18.9. The van der Waals surface area contributed by atoms with Gasteiger partial charge in [0.2, 0.25) is 17.7 Å². The number of aromatic nitrogens is 4. The van der Waals surface area contributed by atoms with Gasteiger partial charge in [0.05, 0.1) is 87.8 Å². The van der Waals surface area contributed by atoms with Crippen molar-refractivity contribution in [3.63, 3.8) is 0 Å². The van der Waals surface area contributed by atoms with Gasteiger partial charge < -0.3 is 74.7 Å². The molecule has 33 heteroatoms. The van der Waals surface area contributed by atoms with Crippen molar-refractivity contribution in [3.05, 3.63) is 167 Å². The molecule has 29 nitrogen and oxygen atoms in total. The molecule has 2 aromatic heterocycles. The standard InChI is InChI=1S/C50H55F2N7O6.C48H52F2N6O5.C7H13NO4/c1-25(2)41(56-47(62)64-5)45(60)58-24-49(15-16-49)22-40(58)44-53-23-39(55-44)29-9-13-34-33-12-8-28(19-35(33)50(51,52)36(34)20-29)27-10-14-37-31(17-27)21-38(54-37)43-30-7-11-32(18-30)59(43)46(61)42(26(3)4)57-48(63)65-6;1-25(2)40(54-44(58)60-6)43(57)55-24-47(15-16-47)22-39(55)42-51-23-38(53-42)28-9-13-33-32-12-8-27(19-34(32)48(49,50)35(33)20-28)26-10-14-36-30(17-26)21-37(52-36)41-29-7-11-31(18-29)56(41)45(59)61-46(3,4)5;1-4(2)5(6(9)10)8-7(11)12-3/h8-10,12-14,17,19-20,23,25-26,30,32,40-43H,7,11,15-16,18,21-22,24H2,1-6H3,(H,53,55)(H,56,62)(H,57,63);8-10,12-14,17,19-20,23,25,29,31,39-41H,7,11,15-16,18,21-22,24H2,1-6H3,(H,51,53)(H,54,58);4-5H,1-3H3,(H,8,11)(H,9,10)/t30-,32+,40-,41-,42-,43-;29-,31+,39-,40-,41-;5-/m000/s1. The van der Waals surface area contributed by atoms with Gasteiger partial charge in [-0.05, 0) is 248 Å². The van der Waals surface area contributed by atoms with Crippen molar-refractivity contribution in [1.82, 2.24) is 60.8 Å². The number of ether oxygens (including phenoxy) is 5. The number of hydrogen-bond donors (Lipinski definition) is 7. The van der Waals surface area contributed by atoms with E-state index in [0.29, 0.717) is 99.4 Å². The lowest BCUT2D eigenvalue weighted by atomic mass is 9.90. The summed E-state index contributed by atoms with van der Waals surface area (Å²) in [6.07, 6.45) is 12.8. The molecule has 138 heavy (non-hydrogen) atoms. The minimum absolute atomic E-state index is 0.0136. The van der Waals surface area contributed by atoms with E-state index in [1.54, 1.807) is 73.6 Å². The summed E-state index contributed by atoms with van der Waals surface area (Å²) in [4.78, 5) is 147. The first kappa shape index (κ1) is 95.3. The summed E-state index contributed by atoms with van der Waals surface area (Å²) in [5.41, 5.74) is 12.0. The van der Waals surface area contributed by atoms with Gasteiger partial charge in [0.15, 0.2) is 0 Å². The molecule has 2 spiro atoms. The minimum atomic E-state index is -3.27. The SMILES string of the molecule is COC(=O)N[C@H](C(=O)N1CC2(CC2)C[C@H]1c1ncc(-c2ccc3c(c2)C(F)(F)c2cc(-c4ccc5c(c4)CC([C@@H]4[C@H]6CC[C@H](C6)N4C(=O)OC(C)(C)C)=N5)ccc2-3)[nH]1)C(C)C.COC(=O)N[C@H](C(=O)N1CC2(CC2)C[C@H]1c1ncc(-c2ccc3c(c2)C(F)(F)c2cc(-c4ccc5c(c4)CC([C@@H]4[C@H]6CC[C@H](C6)N4C(=O)[C@@H](NC(=O)OC)C(C)C)=N5)ccc2-3)[nH]1)C(C)C.COC(=O)N[C@H](C(=O)O)C(C)C. The van der Waals surface area contributed by atoms with Crippen LogP contribution in [0.15, 0.2) is 132 Å². The number of halogens is 4. The Morgan fingerprint density at radius 3 is 1.13 bits per heavy atom. The molecule has 7 N–H and O–H groups in total. The lowest BCUT2D eigenvalue weighted by Gasteiger charge is -2.38. The van der Waals surface area contributed by atoms with Gasteiger partial charge in [0.25, 0.3) is 11.8 Å². The Balaban J connectivity index is 0.000000164. The molecule has 8 heterocycles. The first-order chi connectivity index (χ1) is 65.6. The number of carbonyl (C=O) groups is 9. The number of amides is 8. The highest BCUT2D eigenvalue weighted by Crippen LogP contribution is 2.62. The number of carbonyl (C=O) groups excluding carboxylic acids is 8. The molecule has 6 aromatic carbocycles. The Hall–Kier alpha value is -13.0. The zero-order chi connectivity index (χ0) is 98.2. The summed E-state index contributed by atoms with van der Waals surface area (Å²) in [7, 11) is 5.02. The van der Waals surface area contributed by atoms with E-state index in [1.165, 1.54) is 34.5 Å². The summed E-state index contributed by atoms with van der Waals surface area (Å²) in [5.74, 6) is -6.94. The number of aliphatic imine (C=N–C) groups is 2. The van der Waals surface area contributed by atoms with E-state index in [0.717, 1.165) is 122 Å². The quantitative estimate of drug-likeness (QED) is 0.0275. The molecule has 8 fully saturated rings. The number of nitrogens with zero attached hydrogens (tertiary/aromatic N) is 8. The Kier molecular flexibility index (Phi) is 25.2. The highest BCUT2D eigenvalue weighted by atomic mass is 19.3. The van der Waals surface area contributed by atoms with Crippen LogP contribution in [0.1, 0.15) is 210 Å². The number of imidazole rings is 2. The van der Waals surface area contributed by atoms with Crippen LogP contribution in [-0.4, -0.2) is 206 Å². The third kappa shape index (κ3) is 17.9. The molecule has 0 unspecified atom stereocenters. The first-order valence-electron chi connectivity index (χ1n) is 48.0. The Morgan fingerprint density at radius 1 is 0.442 bits per heavy atom. The Morgan fingerprint density at radius 2 is 0.775 bits per heavy atom. The molecule has 12 atom stereocenters. The topological polar surface area (TPSA) is 363 Å². The largest absolute Gasteiger partial charge is 0.480 e. The number of likely N-dealkylation sites (tertiary alicyclic amines) is 4. The molecule has 6 aliphatic heterocycles. The number of piperidine rings is 2. The third-order valence-corrected chi connectivity index (χ3v) is 30.3. The number of carboxylic acids is 1. The smallest absolute Gasteiger partial charge is 0.411 e. The summed E-state index contributed by atoms with van der Waals surface area (Å²) < 4.78 is 91.1. The highest BCUT2D eigenvalue weighted by Gasteiger charge is 2.59. The van der Waals surface area contributed by atoms with E-state index in [4.69, 9.17) is 44.0 Å². The van der Waals surface area contributed by atoms with Crippen molar-refractivity contribution in [2.75, 3.05) is 41.5 Å². The van der Waals surface area contributed by atoms with Crippen LogP contribution in [0.4, 0.5) is 52.9 Å². The highest BCUT2D eigenvalue weighted by molar-refractivity contribution is 6.03. The predicted molar refractivity (Wildman–Crippen MR) is 508 cm³/mol. The van der Waals surface area contributed by atoms with Gasteiger partial charge in [-0.15, -0.1) is 0 Å². The van der Waals surface area contributed by atoms with Gasteiger partial charge in [-0.2, -0.15) is 17.6 Å². The Bertz CT molecular complexity index is 6280. The fraction of sp³-hybridized carbons (Fsp3) is 0.495. The monoisotopic (exact) mass is 1890 g/mol. The van der Waals surface area contributed by atoms with Gasteiger partial charge in [-0.1, -0.05) is 116 Å². The maximum Gasteiger partial charge on any atom is 0.411 e. The maximum absolute atomic E-state index is 16.7. The van der Waals surface area contributed by atoms with Gasteiger partial charge in [-0.25, -0.2) is 38.7 Å². The summed E-state index contributed by atoms with van der Waals surface area (Å²) >= 11 is 0. The lowest BCUT2D eigenvalue weighted by molar-refractivity contribution is -0.140. The number of alkyl halides is 4. The van der Waals surface area contributed by atoms with Gasteiger partial charge in [0.1, 0.15) is 41.4 Å². The summed E-state index contributed by atoms with van der Waals surface area (Å²) in [6.45, 7) is 21.5. The van der Waals surface area contributed by atoms with Gasteiger partial charge in [0, 0.05) is 82.8 Å². The number of fused-ring (bicyclic) bond motifs is 12. The fourth-order valence-corrected chi connectivity index (χ4v) is 22.8. The number of nitrogens with one attached hydrogen (secondary N) is 6. The van der Waals surface area contributed by atoms with Crippen LogP contribution in [0.2, 0.25) is 0 Å². The molecule has 4 bridgehead atoms. The Labute approximate surface area is 798 Å². The van der Waals surface area contributed by atoms with E-state index in [9.17, 15) is 43.2 Å². The van der Waals surface area contributed by atoms with Crippen molar-refractivity contribution in [2.45, 2.75) is 244 Å². The van der Waals surface area contributed by atoms with Crippen LogP contribution < -0.4 is 21.3 Å². The number of alkyl carbamates (subject to hydrolysis) is 4. The second-order valence-corrected chi connectivity index (χ2v) is 41.9. The zero-order valence-corrected chi connectivity index (χ0v) is 80.4. The number of aromatic amines is 2. The van der Waals surface area contributed by atoms with Crippen LogP contribution in [-0.2, 0) is 67.5 Å². The van der Waals surface area contributed by atoms with Crippen LogP contribution >= 0.6 is 0 Å². The molecular weight excluding hydrogens is 1770 g/mol. The van der Waals surface area contributed by atoms with Crippen LogP contribution in [0.5, 0.6) is 0 Å². The van der Waals surface area contributed by atoms with Crippen LogP contribution in [0, 0.1) is 46.3 Å². The first-order valence-corrected chi connectivity index (χ1v) is 48.0. The number of H-pyrrole nitrogens is 2. The third-order valence-electron chi connectivity index (χ3n) is 30.3. The number of rotatable bonds is 20. The fourth-order valence-electron chi connectivity index (χ4n) is 22.8. The molecule has 728 valence electrons. The van der Waals surface area contributed by atoms with Crippen LogP contribution in [0.25, 0.3) is 67.0 Å². The molecular formula is C105H120F4N14O15. The zero-order valence-electron chi connectivity index (χ0n) is 80.4. The minimum Gasteiger partial charge on any atom is -0.480 e. The van der Waals surface area contributed by atoms with E-state index in [1.807, 2.05) is 132 Å². The molecule has 20 rings (SSSR count). The van der Waals surface area contributed by atoms with Crippen molar-refractivity contribution in [3.8, 4) is 67.0 Å². The average molecular weight is 1890 g/mol. The number of carboxylic acid groups (broad SMARTS) is 1. The van der Waals surface area contributed by atoms with E-state index < -0.39 is 72.0 Å². The molecule has 12 aliphatic rings. The lowest BCUT2D eigenvalue weighted by Crippen LogP contribution is -2.57. The van der Waals surface area contributed by atoms with E-state index >= 15 is 17.6 Å². The number of benzene rings is 6. The molecule has 4 saturated heterocycles. The molecule has 0 radical (unpaired) electrons. The van der Waals surface area contributed by atoms with E-state index in [2.05, 4.69) is 42.0 Å². The van der Waals surface area contributed by atoms with Crippen molar-refractivity contribution in [2.24, 2.45) is 56.3 Å². The van der Waals surface area contributed by atoms with Crippen molar-refractivity contribution < 1.29 is 89.5 Å². The second-order valence-electron chi connectivity index (χ2n) is 41.9. The maximum atomic E-state index is 16.7. The van der Waals surface area contributed by atoms with Crippen LogP contribution in [0.3, 0.4) is 0 Å². The molecule has 6 aliphatic carbocycles. The van der Waals surface area contributed by atoms with Gasteiger partial charge in [-0.3, -0.25) is 29.3 Å². The molecule has 8 aromatic rings. The second kappa shape index (κ2) is 36.4. The number of methoxy groups -OCH3 is 4. The summed E-state index contributed by atoms with van der Waals surface area (Å²) in [5, 5.41) is 19.0. The normalized spacial score (nSPS) is 22.8. The van der Waals surface area contributed by atoms with Crippen molar-refractivity contribution in [1.29, 1.82) is 0 Å². The average Bonchev–Trinajstić information content (AvgIpc) is 1.54. The van der Waals surface area contributed by atoms with Gasteiger partial charge >= 0.3 is 36.4 Å². The molecule has 8 amide bonds.